The summed E-state index contributed by atoms with van der Waals surface area (Å²) >= 11 is 0.390. The molecule has 0 aliphatic heterocycles. The van der Waals surface area contributed by atoms with Crippen LogP contribution in [0.4, 0.5) is 0 Å². The van der Waals surface area contributed by atoms with E-state index in [2.05, 4.69) is 50.5 Å². The van der Waals surface area contributed by atoms with Gasteiger partial charge in [-0.3, -0.25) is 0 Å². The van der Waals surface area contributed by atoms with Crippen molar-refractivity contribution in [3.8, 4) is 0 Å². The van der Waals surface area contributed by atoms with E-state index in [1.165, 1.54) is 25.5 Å². The molecule has 108 valence electrons. The molecule has 0 saturated heterocycles. The van der Waals surface area contributed by atoms with Crippen LogP contribution in [0, 0.1) is 13.8 Å². The number of aromatic nitrogens is 1. The molecule has 0 aliphatic carbocycles. The van der Waals surface area contributed by atoms with Crippen molar-refractivity contribution < 1.29 is 9.30 Å². The Kier molecular flexibility index (Phi) is 5.06. The number of rotatable bonds is 5. The van der Waals surface area contributed by atoms with Gasteiger partial charge in [0.25, 0.3) is 0 Å². The molecule has 2 aromatic rings. The van der Waals surface area contributed by atoms with Crippen molar-refractivity contribution >= 4 is 30.4 Å². The van der Waals surface area contributed by atoms with Gasteiger partial charge in [0, 0.05) is 0 Å². The predicted molar refractivity (Wildman–Crippen MR) is 86.1 cm³/mol. The molecule has 0 aliphatic rings. The Morgan fingerprint density at radius 3 is 2.50 bits per heavy atom. The van der Waals surface area contributed by atoms with Crippen molar-refractivity contribution in [2.45, 2.75) is 47.6 Å². The maximum atomic E-state index is 5.72. The zero-order valence-electron chi connectivity index (χ0n) is 13.1. The summed E-state index contributed by atoms with van der Waals surface area (Å²) in [5.41, 5.74) is 4.17. The number of hydrogen-bond acceptors (Lipinski definition) is 1. The molecule has 0 radical (unpaired) electrons. The second kappa shape index (κ2) is 6.60. The Hall–Kier alpha value is -1.05. The van der Waals surface area contributed by atoms with Crippen LogP contribution in [0.25, 0.3) is 15.9 Å². The van der Waals surface area contributed by atoms with Gasteiger partial charge in [-0.25, -0.2) is 0 Å². The summed E-state index contributed by atoms with van der Waals surface area (Å²) in [6, 6.07) is 4.70. The molecule has 2 nitrogen and oxygen atoms in total. The zero-order valence-corrected chi connectivity index (χ0v) is 14.8. The predicted octanol–water partition coefficient (Wildman–Crippen LogP) is 3.61. The van der Waals surface area contributed by atoms with E-state index in [9.17, 15) is 0 Å². The second-order valence-electron chi connectivity index (χ2n) is 4.99. The van der Waals surface area contributed by atoms with Crippen LogP contribution >= 0.6 is 0 Å². The van der Waals surface area contributed by atoms with Crippen LogP contribution in [0.2, 0.25) is 0 Å². The summed E-state index contributed by atoms with van der Waals surface area (Å²) in [4.78, 5) is 0. The molecule has 0 fully saturated rings. The van der Waals surface area contributed by atoms with Crippen molar-refractivity contribution in [3.63, 3.8) is 0 Å². The molecule has 3 heteroatoms. The summed E-state index contributed by atoms with van der Waals surface area (Å²) < 4.78 is 11.1. The standard InChI is InChI=1S/C17H24NOSe/c1-6-14(19-8-3)11-17-18(7-2)15-9-12(4)13(5)10-16(15)20-17/h9-11H,6-8H2,1-5H3/q+1. The monoisotopic (exact) mass is 338 g/mol. The Labute approximate surface area is 127 Å². The fourth-order valence-electron chi connectivity index (χ4n) is 2.36. The van der Waals surface area contributed by atoms with Gasteiger partial charge in [0.05, 0.1) is 0 Å². The average Bonchev–Trinajstić information content (AvgIpc) is 2.75. The number of nitrogens with zero attached hydrogens (tertiary/aromatic N) is 1. The molecule has 1 aromatic carbocycles. The van der Waals surface area contributed by atoms with E-state index in [-0.39, 0.29) is 0 Å². The normalized spacial score (nSPS) is 12.2. The van der Waals surface area contributed by atoms with E-state index in [4.69, 9.17) is 4.74 Å². The number of fused-ring (bicyclic) bond motifs is 1. The Bertz CT molecular complexity index is 640. The van der Waals surface area contributed by atoms with Crippen LogP contribution in [0.15, 0.2) is 17.9 Å². The Balaban J connectivity index is 2.58. The topological polar surface area (TPSA) is 13.1 Å². The first kappa shape index (κ1) is 15.3. The van der Waals surface area contributed by atoms with Gasteiger partial charge in [-0.2, -0.15) is 0 Å². The molecule has 20 heavy (non-hydrogen) atoms. The van der Waals surface area contributed by atoms with Crippen LogP contribution in [0.3, 0.4) is 0 Å². The summed E-state index contributed by atoms with van der Waals surface area (Å²) in [6.07, 6.45) is 3.22. The van der Waals surface area contributed by atoms with Gasteiger partial charge < -0.3 is 0 Å². The molecule has 0 spiro atoms. The minimum absolute atomic E-state index is 0.390. The molecule has 0 atom stereocenters. The molecule has 0 N–H and O–H groups in total. The molecule has 0 saturated carbocycles. The van der Waals surface area contributed by atoms with Crippen molar-refractivity contribution in [1.29, 1.82) is 0 Å². The second-order valence-corrected chi connectivity index (χ2v) is 7.21. The molecule has 1 aromatic heterocycles. The molecule has 2 rings (SSSR count). The third-order valence-electron chi connectivity index (χ3n) is 3.63. The SMILES string of the molecule is CCOC(=Cc1[se]c2cc(C)c(C)cc2[n+]1CC)CC. The number of benzene rings is 1. The fourth-order valence-corrected chi connectivity index (χ4v) is 5.01. The fraction of sp³-hybridized carbons (Fsp3) is 0.471. The third-order valence-corrected chi connectivity index (χ3v) is 5.92. The van der Waals surface area contributed by atoms with Gasteiger partial charge >= 0.3 is 127 Å². The van der Waals surface area contributed by atoms with Gasteiger partial charge in [-0.05, 0) is 0 Å². The molecular formula is C17H24NOSe+. The first-order chi connectivity index (χ1) is 9.60. The molecule has 0 bridgehead atoms. The van der Waals surface area contributed by atoms with Crippen LogP contribution in [0.1, 0.15) is 42.9 Å². The molecule has 0 amide bonds. The van der Waals surface area contributed by atoms with E-state index in [1.54, 1.807) is 0 Å². The van der Waals surface area contributed by atoms with E-state index in [0.717, 1.165) is 25.3 Å². The number of hydrogen-bond donors (Lipinski definition) is 0. The third kappa shape index (κ3) is 2.99. The summed E-state index contributed by atoms with van der Waals surface area (Å²) in [5, 5.41) is 0. The van der Waals surface area contributed by atoms with E-state index >= 15 is 0 Å². The van der Waals surface area contributed by atoms with Crippen molar-refractivity contribution in [1.82, 2.24) is 0 Å². The van der Waals surface area contributed by atoms with E-state index in [0.29, 0.717) is 14.5 Å². The Morgan fingerprint density at radius 1 is 1.20 bits per heavy atom. The van der Waals surface area contributed by atoms with E-state index < -0.39 is 0 Å². The number of aryl methyl sites for hydroxylation is 3. The van der Waals surface area contributed by atoms with Gasteiger partial charge in [0.1, 0.15) is 0 Å². The summed E-state index contributed by atoms with van der Waals surface area (Å²) in [6.45, 7) is 12.6. The van der Waals surface area contributed by atoms with Gasteiger partial charge in [-0.1, -0.05) is 0 Å². The number of ether oxygens (including phenoxy) is 1. The number of allylic oxidation sites excluding steroid dienone is 1. The average molecular weight is 337 g/mol. The minimum atomic E-state index is 0.390. The summed E-state index contributed by atoms with van der Waals surface area (Å²) in [7, 11) is 0. The van der Waals surface area contributed by atoms with Crippen LogP contribution in [0.5, 0.6) is 0 Å². The van der Waals surface area contributed by atoms with Gasteiger partial charge in [0.2, 0.25) is 0 Å². The van der Waals surface area contributed by atoms with Gasteiger partial charge in [0.15, 0.2) is 0 Å². The van der Waals surface area contributed by atoms with Gasteiger partial charge in [-0.15, -0.1) is 0 Å². The quantitative estimate of drug-likeness (QED) is 0.461. The van der Waals surface area contributed by atoms with Crippen LogP contribution in [-0.2, 0) is 11.3 Å². The van der Waals surface area contributed by atoms with Crippen LogP contribution in [-0.4, -0.2) is 21.1 Å². The van der Waals surface area contributed by atoms with Crippen molar-refractivity contribution in [2.75, 3.05) is 6.61 Å². The zero-order chi connectivity index (χ0) is 14.7. The first-order valence-corrected chi connectivity index (χ1v) is 9.08. The summed E-state index contributed by atoms with van der Waals surface area (Å²) in [5.74, 6) is 1.10. The molecular weight excluding hydrogens is 313 g/mol. The maximum absolute atomic E-state index is 5.72. The molecule has 0 unspecified atom stereocenters. The molecule has 1 heterocycles. The van der Waals surface area contributed by atoms with Crippen LogP contribution < -0.4 is 4.57 Å². The first-order valence-electron chi connectivity index (χ1n) is 7.37. The Morgan fingerprint density at radius 2 is 1.90 bits per heavy atom. The van der Waals surface area contributed by atoms with E-state index in [1.807, 2.05) is 6.92 Å². The van der Waals surface area contributed by atoms with Crippen molar-refractivity contribution in [2.24, 2.45) is 0 Å². The van der Waals surface area contributed by atoms with Crippen molar-refractivity contribution in [3.05, 3.63) is 33.6 Å².